The summed E-state index contributed by atoms with van der Waals surface area (Å²) in [5, 5.41) is 4.46. The van der Waals surface area contributed by atoms with Crippen LogP contribution in [0.2, 0.25) is 0 Å². The van der Waals surface area contributed by atoms with Crippen molar-refractivity contribution in [1.29, 1.82) is 0 Å². The maximum atomic E-state index is 4.86. The summed E-state index contributed by atoms with van der Waals surface area (Å²) in [5.74, 6) is 0. The van der Waals surface area contributed by atoms with Gasteiger partial charge in [0.15, 0.2) is 0 Å². The second-order valence-corrected chi connectivity index (χ2v) is 5.43. The van der Waals surface area contributed by atoms with Crippen LogP contribution in [0.3, 0.4) is 0 Å². The lowest BCUT2D eigenvalue weighted by atomic mass is 10.0. The Balaban J connectivity index is 2.87. The summed E-state index contributed by atoms with van der Waals surface area (Å²) >= 11 is 0. The number of pyridine rings is 1. The van der Waals surface area contributed by atoms with Crippen LogP contribution in [0.25, 0.3) is 10.9 Å². The minimum absolute atomic E-state index is 0.802. The molecule has 1 N–H and O–H groups in total. The largest absolute Gasteiger partial charge is 0.377 e. The zero-order chi connectivity index (χ0) is 14.2. The van der Waals surface area contributed by atoms with E-state index >= 15 is 0 Å². The smallest absolute Gasteiger partial charge is 0.0756 e. The minimum Gasteiger partial charge on any atom is -0.377 e. The van der Waals surface area contributed by atoms with Crippen LogP contribution in [0.15, 0.2) is 12.1 Å². The van der Waals surface area contributed by atoms with Gasteiger partial charge in [0.1, 0.15) is 0 Å². The van der Waals surface area contributed by atoms with Crippen molar-refractivity contribution in [3.05, 3.63) is 34.5 Å². The Morgan fingerprint density at radius 1 is 1.16 bits per heavy atom. The van der Waals surface area contributed by atoms with Crippen LogP contribution in [0, 0.1) is 20.8 Å². The number of rotatable bonds is 3. The van der Waals surface area contributed by atoms with Gasteiger partial charge in [-0.1, -0.05) is 11.6 Å². The Labute approximate surface area is 115 Å². The SMILES string of the molecule is CNCc1nc2c(C)cc(C)cc2c(N(C)C)c1C. The first-order chi connectivity index (χ1) is 8.95. The Bertz CT molecular complexity index is 615. The van der Waals surface area contributed by atoms with Crippen molar-refractivity contribution < 1.29 is 0 Å². The van der Waals surface area contributed by atoms with E-state index in [-0.39, 0.29) is 0 Å². The van der Waals surface area contributed by atoms with E-state index in [1.807, 2.05) is 7.05 Å². The molecule has 0 spiro atoms. The number of nitrogens with one attached hydrogen (secondary N) is 1. The predicted molar refractivity (Wildman–Crippen MR) is 83.0 cm³/mol. The number of hydrogen-bond acceptors (Lipinski definition) is 3. The first-order valence-electron chi connectivity index (χ1n) is 6.68. The van der Waals surface area contributed by atoms with Gasteiger partial charge in [-0.15, -0.1) is 0 Å². The Morgan fingerprint density at radius 3 is 2.42 bits per heavy atom. The molecule has 0 atom stereocenters. The second-order valence-electron chi connectivity index (χ2n) is 5.43. The summed E-state index contributed by atoms with van der Waals surface area (Å²) in [5.41, 5.74) is 7.32. The zero-order valence-electron chi connectivity index (χ0n) is 12.8. The minimum atomic E-state index is 0.802. The van der Waals surface area contributed by atoms with Gasteiger partial charge in [0.2, 0.25) is 0 Å². The molecule has 1 heterocycles. The number of fused-ring (bicyclic) bond motifs is 1. The lowest BCUT2D eigenvalue weighted by Crippen LogP contribution is -2.16. The second kappa shape index (κ2) is 5.17. The van der Waals surface area contributed by atoms with Gasteiger partial charge in [0.05, 0.1) is 16.9 Å². The van der Waals surface area contributed by atoms with Gasteiger partial charge < -0.3 is 10.2 Å². The summed E-state index contributed by atoms with van der Waals surface area (Å²) in [6.45, 7) is 7.24. The van der Waals surface area contributed by atoms with Gasteiger partial charge in [-0.25, -0.2) is 0 Å². The highest BCUT2D eigenvalue weighted by molar-refractivity contribution is 5.95. The van der Waals surface area contributed by atoms with Gasteiger partial charge in [-0.3, -0.25) is 4.98 Å². The average Bonchev–Trinajstić information content (AvgIpc) is 2.30. The Hall–Kier alpha value is -1.61. The Morgan fingerprint density at radius 2 is 1.84 bits per heavy atom. The van der Waals surface area contributed by atoms with Crippen LogP contribution < -0.4 is 10.2 Å². The van der Waals surface area contributed by atoms with Crippen molar-refractivity contribution in [2.75, 3.05) is 26.0 Å². The van der Waals surface area contributed by atoms with Gasteiger partial charge in [0, 0.05) is 26.0 Å². The quantitative estimate of drug-likeness (QED) is 0.916. The molecular weight excluding hydrogens is 234 g/mol. The highest BCUT2D eigenvalue weighted by Gasteiger charge is 2.14. The molecule has 0 aliphatic heterocycles. The summed E-state index contributed by atoms with van der Waals surface area (Å²) in [7, 11) is 6.16. The molecule has 0 aliphatic rings. The third-order valence-electron chi connectivity index (χ3n) is 3.53. The van der Waals surface area contributed by atoms with E-state index < -0.39 is 0 Å². The van der Waals surface area contributed by atoms with Crippen molar-refractivity contribution in [1.82, 2.24) is 10.3 Å². The molecule has 2 rings (SSSR count). The lowest BCUT2D eigenvalue weighted by molar-refractivity contribution is 0.787. The number of nitrogens with zero attached hydrogens (tertiary/aromatic N) is 2. The molecule has 0 fully saturated rings. The number of anilines is 1. The zero-order valence-corrected chi connectivity index (χ0v) is 12.8. The molecule has 0 unspecified atom stereocenters. The van der Waals surface area contributed by atoms with E-state index in [0.29, 0.717) is 0 Å². The summed E-state index contributed by atoms with van der Waals surface area (Å²) in [4.78, 5) is 7.05. The third-order valence-corrected chi connectivity index (χ3v) is 3.53. The molecule has 3 nitrogen and oxygen atoms in total. The fourth-order valence-electron chi connectivity index (χ4n) is 2.76. The topological polar surface area (TPSA) is 28.2 Å². The molecular formula is C16H23N3. The summed E-state index contributed by atoms with van der Waals surface area (Å²) in [6, 6.07) is 4.44. The number of aromatic nitrogens is 1. The molecule has 19 heavy (non-hydrogen) atoms. The number of benzene rings is 1. The fourth-order valence-corrected chi connectivity index (χ4v) is 2.76. The van der Waals surface area contributed by atoms with E-state index in [4.69, 9.17) is 4.98 Å². The molecule has 0 saturated heterocycles. The van der Waals surface area contributed by atoms with E-state index in [2.05, 4.69) is 57.2 Å². The maximum absolute atomic E-state index is 4.86. The third kappa shape index (κ3) is 2.43. The molecule has 0 saturated carbocycles. The van der Waals surface area contributed by atoms with Crippen molar-refractivity contribution in [2.45, 2.75) is 27.3 Å². The van der Waals surface area contributed by atoms with Crippen molar-refractivity contribution in [3.8, 4) is 0 Å². The average molecular weight is 257 g/mol. The molecule has 0 amide bonds. The Kier molecular flexibility index (Phi) is 3.76. The number of hydrogen-bond donors (Lipinski definition) is 1. The predicted octanol–water partition coefficient (Wildman–Crippen LogP) is 2.95. The molecule has 1 aromatic heterocycles. The molecule has 0 bridgehead atoms. The molecule has 0 aliphatic carbocycles. The van der Waals surface area contributed by atoms with Crippen LogP contribution >= 0.6 is 0 Å². The van der Waals surface area contributed by atoms with Crippen LogP contribution in [0.1, 0.15) is 22.4 Å². The lowest BCUT2D eigenvalue weighted by Gasteiger charge is -2.21. The normalized spacial score (nSPS) is 11.1. The highest BCUT2D eigenvalue weighted by atomic mass is 15.1. The fraction of sp³-hybridized carbons (Fsp3) is 0.438. The molecule has 3 heteroatoms. The standard InChI is InChI=1S/C16H23N3/c1-10-7-11(2)15-13(8-10)16(19(5)6)12(3)14(18-15)9-17-4/h7-8,17H,9H2,1-6H3. The summed E-state index contributed by atoms with van der Waals surface area (Å²) < 4.78 is 0. The van der Waals surface area contributed by atoms with Gasteiger partial charge >= 0.3 is 0 Å². The van der Waals surface area contributed by atoms with E-state index in [1.54, 1.807) is 0 Å². The van der Waals surface area contributed by atoms with Crippen molar-refractivity contribution in [2.24, 2.45) is 0 Å². The first kappa shape index (κ1) is 13.8. The van der Waals surface area contributed by atoms with Crippen LogP contribution in [0.5, 0.6) is 0 Å². The monoisotopic (exact) mass is 257 g/mol. The maximum Gasteiger partial charge on any atom is 0.0756 e. The van der Waals surface area contributed by atoms with Crippen LogP contribution in [-0.4, -0.2) is 26.1 Å². The van der Waals surface area contributed by atoms with Gasteiger partial charge in [-0.05, 0) is 45.0 Å². The molecule has 0 radical (unpaired) electrons. The van der Waals surface area contributed by atoms with E-state index in [9.17, 15) is 0 Å². The summed E-state index contributed by atoms with van der Waals surface area (Å²) in [6.07, 6.45) is 0. The molecule has 2 aromatic rings. The molecule has 102 valence electrons. The van der Waals surface area contributed by atoms with Crippen LogP contribution in [0.4, 0.5) is 5.69 Å². The van der Waals surface area contributed by atoms with Gasteiger partial charge in [0.25, 0.3) is 0 Å². The van der Waals surface area contributed by atoms with Crippen molar-refractivity contribution in [3.63, 3.8) is 0 Å². The van der Waals surface area contributed by atoms with E-state index in [1.165, 1.54) is 27.8 Å². The first-order valence-corrected chi connectivity index (χ1v) is 6.68. The van der Waals surface area contributed by atoms with Crippen molar-refractivity contribution >= 4 is 16.6 Å². The highest BCUT2D eigenvalue weighted by Crippen LogP contribution is 2.32. The molecule has 1 aromatic carbocycles. The van der Waals surface area contributed by atoms with E-state index in [0.717, 1.165) is 17.8 Å². The van der Waals surface area contributed by atoms with Gasteiger partial charge in [-0.2, -0.15) is 0 Å². The van der Waals surface area contributed by atoms with Crippen LogP contribution in [-0.2, 0) is 6.54 Å². The number of aryl methyl sites for hydroxylation is 2.